The van der Waals surface area contributed by atoms with Crippen molar-refractivity contribution in [2.24, 2.45) is 0 Å². The van der Waals surface area contributed by atoms with E-state index in [0.717, 1.165) is 5.01 Å². The first-order valence-electron chi connectivity index (χ1n) is 13.8. The molecule has 3 aromatic carbocycles. The molecule has 0 bridgehead atoms. The summed E-state index contributed by atoms with van der Waals surface area (Å²) in [4.78, 5) is 13.2. The third-order valence-corrected chi connectivity index (χ3v) is 9.56. The number of fused-ring (bicyclic) bond motifs is 1. The Labute approximate surface area is 263 Å². The topological polar surface area (TPSA) is 103 Å². The second-order valence-electron chi connectivity index (χ2n) is 9.84. The second kappa shape index (κ2) is 14.4. The van der Waals surface area contributed by atoms with Gasteiger partial charge in [0.25, 0.3) is 0 Å². The molecule has 2 aromatic heterocycles. The third-order valence-electron chi connectivity index (χ3n) is 6.69. The number of halogens is 3. The van der Waals surface area contributed by atoms with Crippen molar-refractivity contribution in [1.29, 1.82) is 0 Å². The molecule has 0 atom stereocenters. The predicted octanol–water partition coefficient (Wildman–Crippen LogP) is 7.39. The molecule has 0 aliphatic heterocycles. The van der Waals surface area contributed by atoms with Gasteiger partial charge in [-0.25, -0.2) is 32.2 Å². The lowest BCUT2D eigenvalue weighted by Crippen LogP contribution is -2.14. The number of thiazole rings is 1. The molecule has 2 heterocycles. The number of ether oxygens (including phenoxy) is 2. The van der Waals surface area contributed by atoms with Crippen molar-refractivity contribution in [3.05, 3.63) is 93.5 Å². The smallest absolute Gasteiger partial charge is 0.152 e. The number of nitrogens with one attached hydrogen (secondary N) is 1. The Balaban J connectivity index is 1.25. The van der Waals surface area contributed by atoms with Crippen LogP contribution in [0.25, 0.3) is 22.2 Å². The van der Waals surface area contributed by atoms with Crippen LogP contribution in [0.15, 0.2) is 66.3 Å². The molecule has 0 fully saturated rings. The summed E-state index contributed by atoms with van der Waals surface area (Å²) in [5, 5.41) is 6.79. The summed E-state index contributed by atoms with van der Waals surface area (Å²) in [5.41, 5.74) is 2.54. The second-order valence-corrected chi connectivity index (χ2v) is 13.7. The molecule has 0 unspecified atom stereocenters. The van der Waals surface area contributed by atoms with Crippen LogP contribution in [0.1, 0.15) is 23.9 Å². The standard InChI is InChI=1S/C31H29ClF2N4O4S2/c1-2-44(39,40)12-11-41-10-4-7-30-38-28(18-43-30)23-15-24-27(16-26(23)34)35-19-36-31(24)37-22-8-9-29(25(32)14-22)42-17-20-5-3-6-21(33)13-20/h3,5-6,8-9,13-16,18-19H,2,4,7,10-12,17H2,1H3,(H,35,36,37). The molecule has 230 valence electrons. The van der Waals surface area contributed by atoms with Gasteiger partial charge < -0.3 is 14.8 Å². The molecule has 5 aromatic rings. The van der Waals surface area contributed by atoms with Crippen LogP contribution in [0.4, 0.5) is 20.3 Å². The monoisotopic (exact) mass is 658 g/mol. The Hall–Kier alpha value is -3.71. The molecule has 0 aliphatic carbocycles. The van der Waals surface area contributed by atoms with Gasteiger partial charge in [-0.1, -0.05) is 30.7 Å². The van der Waals surface area contributed by atoms with E-state index in [1.807, 2.05) is 0 Å². The zero-order valence-corrected chi connectivity index (χ0v) is 26.1. The van der Waals surface area contributed by atoms with Gasteiger partial charge >= 0.3 is 0 Å². The normalized spacial score (nSPS) is 11.6. The third kappa shape index (κ3) is 8.26. The summed E-state index contributed by atoms with van der Waals surface area (Å²) in [5.74, 6) is 0.213. The van der Waals surface area contributed by atoms with Crippen LogP contribution in [-0.4, -0.2) is 48.1 Å². The lowest BCUT2D eigenvalue weighted by Gasteiger charge is -2.12. The van der Waals surface area contributed by atoms with Gasteiger partial charge in [0.1, 0.15) is 36.1 Å². The Morgan fingerprint density at radius 1 is 1.05 bits per heavy atom. The van der Waals surface area contributed by atoms with Crippen molar-refractivity contribution in [2.45, 2.75) is 26.4 Å². The summed E-state index contributed by atoms with van der Waals surface area (Å²) in [6.45, 7) is 2.35. The number of anilines is 2. The van der Waals surface area contributed by atoms with Crippen molar-refractivity contribution < 1.29 is 26.7 Å². The highest BCUT2D eigenvalue weighted by molar-refractivity contribution is 7.91. The number of hydrogen-bond donors (Lipinski definition) is 1. The minimum atomic E-state index is -3.05. The zero-order chi connectivity index (χ0) is 31.1. The van der Waals surface area contributed by atoms with Gasteiger partial charge in [-0.2, -0.15) is 0 Å². The van der Waals surface area contributed by atoms with Crippen molar-refractivity contribution in [3.8, 4) is 17.0 Å². The Kier molecular flexibility index (Phi) is 10.4. The fourth-order valence-electron chi connectivity index (χ4n) is 4.30. The van der Waals surface area contributed by atoms with Crippen LogP contribution < -0.4 is 10.1 Å². The van der Waals surface area contributed by atoms with Crippen LogP contribution in [0, 0.1) is 11.6 Å². The lowest BCUT2D eigenvalue weighted by molar-refractivity contribution is 0.146. The summed E-state index contributed by atoms with van der Waals surface area (Å²) < 4.78 is 63.0. The van der Waals surface area contributed by atoms with Crippen LogP contribution in [0.2, 0.25) is 5.02 Å². The largest absolute Gasteiger partial charge is 0.487 e. The van der Waals surface area contributed by atoms with Gasteiger partial charge in [-0.05, 0) is 48.4 Å². The fourth-order valence-corrected chi connectivity index (χ4v) is 6.04. The molecule has 44 heavy (non-hydrogen) atoms. The maximum atomic E-state index is 15.2. The Morgan fingerprint density at radius 2 is 1.91 bits per heavy atom. The van der Waals surface area contributed by atoms with E-state index in [1.54, 1.807) is 48.7 Å². The maximum Gasteiger partial charge on any atom is 0.152 e. The van der Waals surface area contributed by atoms with E-state index >= 15 is 4.39 Å². The molecule has 0 spiro atoms. The number of rotatable bonds is 14. The van der Waals surface area contributed by atoms with E-state index in [0.29, 0.717) is 69.4 Å². The van der Waals surface area contributed by atoms with E-state index < -0.39 is 15.7 Å². The molecule has 0 radical (unpaired) electrons. The predicted molar refractivity (Wildman–Crippen MR) is 170 cm³/mol. The van der Waals surface area contributed by atoms with Gasteiger partial charge in [0.2, 0.25) is 0 Å². The first-order chi connectivity index (χ1) is 21.2. The Morgan fingerprint density at radius 3 is 2.70 bits per heavy atom. The van der Waals surface area contributed by atoms with Gasteiger partial charge in [0, 0.05) is 46.9 Å². The molecular weight excluding hydrogens is 630 g/mol. The van der Waals surface area contributed by atoms with Gasteiger partial charge in [-0.15, -0.1) is 11.3 Å². The number of aromatic nitrogens is 3. The van der Waals surface area contributed by atoms with Crippen LogP contribution in [0.3, 0.4) is 0 Å². The van der Waals surface area contributed by atoms with Gasteiger partial charge in [0.15, 0.2) is 9.84 Å². The molecule has 8 nitrogen and oxygen atoms in total. The van der Waals surface area contributed by atoms with Crippen LogP contribution in [-0.2, 0) is 27.6 Å². The lowest BCUT2D eigenvalue weighted by atomic mass is 10.1. The molecular formula is C31H29ClF2N4O4S2. The highest BCUT2D eigenvalue weighted by Crippen LogP contribution is 2.34. The maximum absolute atomic E-state index is 15.2. The summed E-state index contributed by atoms with van der Waals surface area (Å²) in [6, 6.07) is 14.3. The first-order valence-corrected chi connectivity index (χ1v) is 16.9. The average Bonchev–Trinajstić information content (AvgIpc) is 3.47. The molecule has 1 N–H and O–H groups in total. The summed E-state index contributed by atoms with van der Waals surface area (Å²) >= 11 is 7.89. The minimum absolute atomic E-state index is 0.0114. The van der Waals surface area contributed by atoms with Crippen LogP contribution in [0.5, 0.6) is 5.75 Å². The van der Waals surface area contributed by atoms with Crippen molar-refractivity contribution in [2.75, 3.05) is 30.0 Å². The minimum Gasteiger partial charge on any atom is -0.487 e. The molecule has 5 rings (SSSR count). The molecule has 13 heteroatoms. The number of hydrogen-bond acceptors (Lipinski definition) is 9. The number of benzene rings is 3. The Bertz CT molecular complexity index is 1870. The number of nitrogens with zero attached hydrogens (tertiary/aromatic N) is 3. The number of sulfone groups is 1. The average molecular weight is 659 g/mol. The van der Waals surface area contributed by atoms with Crippen molar-refractivity contribution in [3.63, 3.8) is 0 Å². The quantitative estimate of drug-likeness (QED) is 0.123. The van der Waals surface area contributed by atoms with E-state index in [2.05, 4.69) is 20.3 Å². The van der Waals surface area contributed by atoms with Crippen molar-refractivity contribution in [1.82, 2.24) is 15.0 Å². The first kappa shape index (κ1) is 31.7. The highest BCUT2D eigenvalue weighted by atomic mass is 35.5. The SMILES string of the molecule is CCS(=O)(=O)CCOCCCc1nc(-c2cc3c(Nc4ccc(OCc5cccc(F)c5)c(Cl)c4)ncnc3cc2F)cs1. The molecule has 0 saturated carbocycles. The van der Waals surface area contributed by atoms with Crippen molar-refractivity contribution >= 4 is 55.2 Å². The van der Waals surface area contributed by atoms with E-state index in [4.69, 9.17) is 21.1 Å². The number of aryl methyl sites for hydroxylation is 1. The van der Waals surface area contributed by atoms with E-state index in [9.17, 15) is 12.8 Å². The molecule has 0 saturated heterocycles. The zero-order valence-electron chi connectivity index (χ0n) is 23.7. The van der Waals surface area contributed by atoms with E-state index in [1.165, 1.54) is 35.9 Å². The van der Waals surface area contributed by atoms with Gasteiger partial charge in [-0.3, -0.25) is 0 Å². The van der Waals surface area contributed by atoms with Crippen LogP contribution >= 0.6 is 22.9 Å². The van der Waals surface area contributed by atoms with Gasteiger partial charge in [0.05, 0.1) is 33.6 Å². The summed E-state index contributed by atoms with van der Waals surface area (Å²) in [6.07, 6.45) is 2.64. The highest BCUT2D eigenvalue weighted by Gasteiger charge is 2.15. The summed E-state index contributed by atoms with van der Waals surface area (Å²) in [7, 11) is -3.05. The molecule has 0 aliphatic rings. The fraction of sp³-hybridized carbons (Fsp3) is 0.258. The van der Waals surface area contributed by atoms with E-state index in [-0.39, 0.29) is 30.5 Å². The molecule has 0 amide bonds.